The molecular formula is C19H17BrN4O2. The number of amides is 2. The van der Waals surface area contributed by atoms with Crippen molar-refractivity contribution in [2.24, 2.45) is 7.05 Å². The summed E-state index contributed by atoms with van der Waals surface area (Å²) in [5, 5.41) is 0.769. The second kappa shape index (κ2) is 6.57. The lowest BCUT2D eigenvalue weighted by Gasteiger charge is -2.11. The van der Waals surface area contributed by atoms with Crippen molar-refractivity contribution < 1.29 is 9.59 Å². The van der Waals surface area contributed by atoms with Crippen LogP contribution in [0.5, 0.6) is 0 Å². The van der Waals surface area contributed by atoms with E-state index in [4.69, 9.17) is 0 Å². The maximum absolute atomic E-state index is 12.7. The number of fused-ring (bicyclic) bond motifs is 1. The number of pyridine rings is 1. The van der Waals surface area contributed by atoms with Gasteiger partial charge in [0.05, 0.1) is 11.1 Å². The lowest BCUT2D eigenvalue weighted by molar-refractivity contribution is 0.0843. The van der Waals surface area contributed by atoms with E-state index in [9.17, 15) is 9.59 Å². The maximum Gasteiger partial charge on any atom is 0.286 e. The number of aryl methyl sites for hydroxylation is 1. The van der Waals surface area contributed by atoms with Crippen LogP contribution in [0.2, 0.25) is 0 Å². The highest BCUT2D eigenvalue weighted by molar-refractivity contribution is 9.10. The summed E-state index contributed by atoms with van der Waals surface area (Å²) >= 11 is 3.33. The van der Waals surface area contributed by atoms with Gasteiger partial charge in [-0.1, -0.05) is 18.2 Å². The minimum atomic E-state index is -0.382. The fourth-order valence-corrected chi connectivity index (χ4v) is 3.49. The monoisotopic (exact) mass is 412 g/mol. The van der Waals surface area contributed by atoms with Gasteiger partial charge in [-0.15, -0.1) is 0 Å². The first kappa shape index (κ1) is 16.8. The Bertz CT molecular complexity index is 1020. The molecule has 1 aliphatic rings. The third kappa shape index (κ3) is 3.22. The Labute approximate surface area is 158 Å². The molecule has 0 unspecified atom stereocenters. The van der Waals surface area contributed by atoms with Gasteiger partial charge >= 0.3 is 0 Å². The largest absolute Gasteiger partial charge is 0.345 e. The number of hydrogen-bond donors (Lipinski definition) is 2. The SMILES string of the molecule is Cn1cc(Br)cc1C(=O)NNC(=O)c1cc(C2CC2)nc2ccccc12. The van der Waals surface area contributed by atoms with Gasteiger partial charge in [0.2, 0.25) is 0 Å². The van der Waals surface area contributed by atoms with Gasteiger partial charge in [-0.2, -0.15) is 0 Å². The number of aromatic nitrogens is 2. The van der Waals surface area contributed by atoms with E-state index in [0.717, 1.165) is 33.9 Å². The van der Waals surface area contributed by atoms with Crippen LogP contribution in [0.25, 0.3) is 10.9 Å². The minimum Gasteiger partial charge on any atom is -0.345 e. The van der Waals surface area contributed by atoms with Crippen LogP contribution in [0, 0.1) is 0 Å². The molecule has 2 N–H and O–H groups in total. The zero-order valence-corrected chi connectivity index (χ0v) is 15.7. The van der Waals surface area contributed by atoms with Gasteiger partial charge < -0.3 is 4.57 Å². The van der Waals surface area contributed by atoms with Gasteiger partial charge in [-0.3, -0.25) is 25.4 Å². The van der Waals surface area contributed by atoms with E-state index in [1.807, 2.05) is 30.3 Å². The molecule has 26 heavy (non-hydrogen) atoms. The first-order valence-electron chi connectivity index (χ1n) is 8.35. The highest BCUT2D eigenvalue weighted by Crippen LogP contribution is 2.40. The van der Waals surface area contributed by atoms with Gasteiger partial charge in [0, 0.05) is 34.7 Å². The molecule has 0 spiro atoms. The summed E-state index contributed by atoms with van der Waals surface area (Å²) in [5.41, 5.74) is 7.68. The van der Waals surface area contributed by atoms with Crippen molar-refractivity contribution in [2.45, 2.75) is 18.8 Å². The molecule has 0 aliphatic heterocycles. The topological polar surface area (TPSA) is 76.0 Å². The first-order valence-corrected chi connectivity index (χ1v) is 9.14. The summed E-state index contributed by atoms with van der Waals surface area (Å²) in [7, 11) is 1.76. The number of carbonyl (C=O) groups is 2. The molecule has 3 aromatic rings. The molecule has 2 heterocycles. The van der Waals surface area contributed by atoms with Crippen molar-refractivity contribution >= 4 is 38.6 Å². The number of nitrogens with zero attached hydrogens (tertiary/aromatic N) is 2. The van der Waals surface area contributed by atoms with Crippen molar-refractivity contribution in [2.75, 3.05) is 0 Å². The second-order valence-corrected chi connectivity index (χ2v) is 7.36. The van der Waals surface area contributed by atoms with Gasteiger partial charge in [0.25, 0.3) is 11.8 Å². The van der Waals surface area contributed by atoms with Crippen LogP contribution in [0.1, 0.15) is 45.3 Å². The van der Waals surface area contributed by atoms with Gasteiger partial charge in [0.1, 0.15) is 5.69 Å². The summed E-state index contributed by atoms with van der Waals surface area (Å²) in [6, 6.07) is 11.1. The van der Waals surface area contributed by atoms with Crippen molar-refractivity contribution in [3.05, 3.63) is 64.0 Å². The number of hydrogen-bond acceptors (Lipinski definition) is 3. The molecule has 1 aliphatic carbocycles. The van der Waals surface area contributed by atoms with E-state index in [2.05, 4.69) is 31.8 Å². The Kier molecular flexibility index (Phi) is 4.24. The van der Waals surface area contributed by atoms with E-state index < -0.39 is 0 Å². The predicted octanol–water partition coefficient (Wildman–Crippen LogP) is 3.29. The zero-order valence-electron chi connectivity index (χ0n) is 14.1. The molecule has 1 saturated carbocycles. The smallest absolute Gasteiger partial charge is 0.286 e. The number of para-hydroxylation sites is 1. The molecule has 2 amide bonds. The zero-order chi connectivity index (χ0) is 18.3. The number of halogens is 1. The summed E-state index contributed by atoms with van der Waals surface area (Å²) in [5.74, 6) is -0.305. The van der Waals surface area contributed by atoms with Crippen LogP contribution in [0.4, 0.5) is 0 Å². The second-order valence-electron chi connectivity index (χ2n) is 6.45. The van der Waals surface area contributed by atoms with Gasteiger partial charge in [-0.25, -0.2) is 0 Å². The van der Waals surface area contributed by atoms with E-state index in [1.54, 1.807) is 23.9 Å². The molecule has 4 rings (SSSR count). The molecular weight excluding hydrogens is 396 g/mol. The third-order valence-electron chi connectivity index (χ3n) is 4.47. The Morgan fingerprint density at radius 3 is 2.58 bits per heavy atom. The number of benzene rings is 1. The molecule has 0 bridgehead atoms. The molecule has 1 aromatic carbocycles. The van der Waals surface area contributed by atoms with E-state index in [0.29, 0.717) is 17.2 Å². The van der Waals surface area contributed by atoms with Crippen LogP contribution in [-0.2, 0) is 7.05 Å². The third-order valence-corrected chi connectivity index (χ3v) is 4.90. The molecule has 0 saturated heterocycles. The average molecular weight is 413 g/mol. The summed E-state index contributed by atoms with van der Waals surface area (Å²) < 4.78 is 2.48. The minimum absolute atomic E-state index is 0.355. The molecule has 7 heteroatoms. The number of rotatable bonds is 3. The van der Waals surface area contributed by atoms with Gasteiger partial charge in [-0.05, 0) is 47.0 Å². The average Bonchev–Trinajstić information content (AvgIpc) is 3.43. The van der Waals surface area contributed by atoms with Crippen LogP contribution in [-0.4, -0.2) is 21.4 Å². The van der Waals surface area contributed by atoms with Crippen molar-refractivity contribution in [3.63, 3.8) is 0 Å². The Balaban J connectivity index is 1.58. The lowest BCUT2D eigenvalue weighted by Crippen LogP contribution is -2.42. The maximum atomic E-state index is 12.7. The van der Waals surface area contributed by atoms with E-state index in [1.165, 1.54) is 0 Å². The number of carbonyl (C=O) groups excluding carboxylic acids is 2. The Morgan fingerprint density at radius 1 is 1.15 bits per heavy atom. The van der Waals surface area contributed by atoms with E-state index >= 15 is 0 Å². The Morgan fingerprint density at radius 2 is 1.88 bits per heavy atom. The van der Waals surface area contributed by atoms with Gasteiger partial charge in [0.15, 0.2) is 0 Å². The summed E-state index contributed by atoms with van der Waals surface area (Å²) in [6.07, 6.45) is 3.98. The first-order chi connectivity index (χ1) is 12.5. The molecule has 0 atom stereocenters. The van der Waals surface area contributed by atoms with Crippen LogP contribution in [0.3, 0.4) is 0 Å². The van der Waals surface area contributed by atoms with Crippen molar-refractivity contribution in [1.82, 2.24) is 20.4 Å². The highest BCUT2D eigenvalue weighted by atomic mass is 79.9. The molecule has 0 radical (unpaired) electrons. The fourth-order valence-electron chi connectivity index (χ4n) is 2.97. The Hall–Kier alpha value is -2.67. The van der Waals surface area contributed by atoms with Crippen molar-refractivity contribution in [1.29, 1.82) is 0 Å². The molecule has 2 aromatic heterocycles. The van der Waals surface area contributed by atoms with Crippen LogP contribution >= 0.6 is 15.9 Å². The lowest BCUT2D eigenvalue weighted by atomic mass is 10.1. The summed E-state index contributed by atoms with van der Waals surface area (Å²) in [4.78, 5) is 29.7. The van der Waals surface area contributed by atoms with Crippen molar-refractivity contribution in [3.8, 4) is 0 Å². The predicted molar refractivity (Wildman–Crippen MR) is 102 cm³/mol. The number of nitrogens with one attached hydrogen (secondary N) is 2. The van der Waals surface area contributed by atoms with Crippen LogP contribution < -0.4 is 10.9 Å². The molecule has 6 nitrogen and oxygen atoms in total. The van der Waals surface area contributed by atoms with Crippen LogP contribution in [0.15, 0.2) is 47.1 Å². The fraction of sp³-hybridized carbons (Fsp3) is 0.211. The number of hydrazine groups is 1. The molecule has 132 valence electrons. The highest BCUT2D eigenvalue weighted by Gasteiger charge is 2.27. The standard InChI is InChI=1S/C19H17BrN4O2/c1-24-10-12(20)8-17(24)19(26)23-22-18(25)14-9-16(11-6-7-11)21-15-5-3-2-4-13(14)15/h2-5,8-11H,6-7H2,1H3,(H,22,25)(H,23,26). The van der Waals surface area contributed by atoms with E-state index in [-0.39, 0.29) is 11.8 Å². The normalized spacial score (nSPS) is 13.6. The molecule has 1 fully saturated rings. The summed E-state index contributed by atoms with van der Waals surface area (Å²) in [6.45, 7) is 0. The quantitative estimate of drug-likeness (QED) is 0.648.